The predicted molar refractivity (Wildman–Crippen MR) is 97.2 cm³/mol. The van der Waals surface area contributed by atoms with Crippen molar-refractivity contribution >= 4 is 5.97 Å². The number of hydrogen-bond donors (Lipinski definition) is 0. The molecule has 9 heteroatoms. The number of ether oxygens (including phenoxy) is 2. The summed E-state index contributed by atoms with van der Waals surface area (Å²) in [5.74, 6) is -0.807. The van der Waals surface area contributed by atoms with Crippen molar-refractivity contribution in [3.63, 3.8) is 0 Å². The first-order valence-corrected chi connectivity index (χ1v) is 9.12. The van der Waals surface area contributed by atoms with Crippen molar-refractivity contribution < 1.29 is 48.9 Å². The van der Waals surface area contributed by atoms with Crippen LogP contribution in [0.1, 0.15) is 41.4 Å². The van der Waals surface area contributed by atoms with E-state index in [1.165, 1.54) is 12.3 Å². The van der Waals surface area contributed by atoms with Gasteiger partial charge in [-0.3, -0.25) is 4.98 Å². The van der Waals surface area contributed by atoms with Crippen LogP contribution in [0.15, 0.2) is 48.9 Å². The standard InChI is InChI=1S/C20H20N4O4.Na/c25-20(26)15-11-21-16(10-17(15)28-12-14-6-2-1-3-7-14)19-22-13-24(23-19)18-8-4-5-9-27-18;/h1-3,6-7,10-11,13,18H,4-5,8-9,12H2,(H,25,26);/q;+1/p-1. The Morgan fingerprint density at radius 1 is 1.24 bits per heavy atom. The molecule has 4 rings (SSSR count). The maximum Gasteiger partial charge on any atom is 1.00 e. The van der Waals surface area contributed by atoms with Gasteiger partial charge in [0.1, 0.15) is 24.4 Å². The summed E-state index contributed by atoms with van der Waals surface area (Å²) >= 11 is 0. The summed E-state index contributed by atoms with van der Waals surface area (Å²) < 4.78 is 13.1. The van der Waals surface area contributed by atoms with Crippen LogP contribution >= 0.6 is 0 Å². The van der Waals surface area contributed by atoms with Gasteiger partial charge in [-0.05, 0) is 24.8 Å². The van der Waals surface area contributed by atoms with Crippen LogP contribution in [0.5, 0.6) is 5.75 Å². The van der Waals surface area contributed by atoms with Gasteiger partial charge in [0.15, 0.2) is 12.1 Å². The summed E-state index contributed by atoms with van der Waals surface area (Å²) in [6.45, 7) is 0.929. The summed E-state index contributed by atoms with van der Waals surface area (Å²) in [5.41, 5.74) is 1.22. The van der Waals surface area contributed by atoms with Gasteiger partial charge in [0.25, 0.3) is 0 Å². The molecule has 3 aromatic rings. The summed E-state index contributed by atoms with van der Waals surface area (Å²) in [6, 6.07) is 11.0. The molecule has 0 bridgehead atoms. The van der Waals surface area contributed by atoms with Crippen molar-refractivity contribution in [2.75, 3.05) is 6.61 Å². The van der Waals surface area contributed by atoms with Gasteiger partial charge in [-0.2, -0.15) is 0 Å². The van der Waals surface area contributed by atoms with Gasteiger partial charge in [0.2, 0.25) is 0 Å². The topological polar surface area (TPSA) is 102 Å². The number of pyridine rings is 1. The largest absolute Gasteiger partial charge is 1.00 e. The molecule has 2 aromatic heterocycles. The van der Waals surface area contributed by atoms with E-state index < -0.39 is 5.97 Å². The molecule has 0 spiro atoms. The van der Waals surface area contributed by atoms with E-state index in [1.807, 2.05) is 30.3 Å². The average molecular weight is 402 g/mol. The van der Waals surface area contributed by atoms with Crippen molar-refractivity contribution in [2.45, 2.75) is 32.1 Å². The van der Waals surface area contributed by atoms with Gasteiger partial charge < -0.3 is 19.4 Å². The number of nitrogens with zero attached hydrogens (tertiary/aromatic N) is 4. The molecule has 29 heavy (non-hydrogen) atoms. The molecule has 1 atom stereocenters. The molecule has 0 aliphatic carbocycles. The van der Waals surface area contributed by atoms with E-state index in [4.69, 9.17) is 9.47 Å². The number of hydrogen-bond acceptors (Lipinski definition) is 7. The van der Waals surface area contributed by atoms with Crippen molar-refractivity contribution in [2.24, 2.45) is 0 Å². The van der Waals surface area contributed by atoms with Gasteiger partial charge in [0, 0.05) is 18.9 Å². The van der Waals surface area contributed by atoms with Crippen LogP contribution in [0.2, 0.25) is 0 Å². The third-order valence-corrected chi connectivity index (χ3v) is 4.51. The monoisotopic (exact) mass is 402 g/mol. The second kappa shape index (κ2) is 9.98. The number of carbonyl (C=O) groups is 1. The number of aromatic nitrogens is 4. The average Bonchev–Trinajstić information content (AvgIpc) is 3.24. The molecule has 8 nitrogen and oxygen atoms in total. The Balaban J connectivity index is 0.00000240. The fourth-order valence-electron chi connectivity index (χ4n) is 3.03. The Morgan fingerprint density at radius 3 is 2.79 bits per heavy atom. The van der Waals surface area contributed by atoms with Gasteiger partial charge >= 0.3 is 29.6 Å². The fourth-order valence-corrected chi connectivity index (χ4v) is 3.03. The van der Waals surface area contributed by atoms with E-state index in [2.05, 4.69) is 15.1 Å². The maximum atomic E-state index is 11.4. The maximum absolute atomic E-state index is 11.4. The third kappa shape index (κ3) is 5.22. The molecule has 1 fully saturated rings. The Morgan fingerprint density at radius 2 is 2.07 bits per heavy atom. The van der Waals surface area contributed by atoms with E-state index in [-0.39, 0.29) is 53.7 Å². The fraction of sp³-hybridized carbons (Fsp3) is 0.300. The molecular weight excluding hydrogens is 383 g/mol. The minimum atomic E-state index is -1.35. The number of aromatic carboxylic acids is 1. The molecule has 1 aliphatic rings. The third-order valence-electron chi connectivity index (χ3n) is 4.51. The van der Waals surface area contributed by atoms with Crippen molar-refractivity contribution in [3.8, 4) is 17.3 Å². The molecule has 0 radical (unpaired) electrons. The molecule has 0 N–H and O–H groups in total. The van der Waals surface area contributed by atoms with Crippen LogP contribution in [-0.2, 0) is 11.3 Å². The van der Waals surface area contributed by atoms with Crippen LogP contribution < -0.4 is 39.4 Å². The molecule has 0 saturated carbocycles. The minimum absolute atomic E-state index is 0. The predicted octanol–water partition coefficient (Wildman–Crippen LogP) is -1.01. The number of carboxylic acid groups (broad SMARTS) is 1. The number of carboxylic acids is 1. The SMILES string of the molecule is O=C([O-])c1cnc(-c2ncn(C3CCCCO3)n2)cc1OCc1ccccc1.[Na+]. The number of rotatable bonds is 6. The molecule has 1 aromatic carbocycles. The number of benzene rings is 1. The Kier molecular flexibility index (Phi) is 7.38. The second-order valence-corrected chi connectivity index (χ2v) is 6.50. The summed E-state index contributed by atoms with van der Waals surface area (Å²) in [7, 11) is 0. The van der Waals surface area contributed by atoms with E-state index in [1.54, 1.807) is 11.0 Å². The molecule has 3 heterocycles. The number of carbonyl (C=O) groups excluding carboxylic acids is 1. The van der Waals surface area contributed by atoms with Crippen LogP contribution in [0.25, 0.3) is 11.5 Å². The van der Waals surface area contributed by atoms with Crippen molar-refractivity contribution in [1.82, 2.24) is 19.7 Å². The molecular formula is C20H19N4NaO4. The smallest absolute Gasteiger partial charge is 0.545 e. The zero-order chi connectivity index (χ0) is 19.3. The van der Waals surface area contributed by atoms with Gasteiger partial charge in [-0.25, -0.2) is 9.67 Å². The van der Waals surface area contributed by atoms with Crippen LogP contribution in [0, 0.1) is 0 Å². The van der Waals surface area contributed by atoms with Gasteiger partial charge in [-0.15, -0.1) is 5.10 Å². The first-order chi connectivity index (χ1) is 13.7. The molecule has 1 saturated heterocycles. The zero-order valence-corrected chi connectivity index (χ0v) is 18.2. The quantitative estimate of drug-likeness (QED) is 0.487. The van der Waals surface area contributed by atoms with Crippen LogP contribution in [-0.4, -0.2) is 32.3 Å². The molecule has 1 unspecified atom stereocenters. The van der Waals surface area contributed by atoms with Gasteiger partial charge in [-0.1, -0.05) is 30.3 Å². The molecule has 0 amide bonds. The van der Waals surface area contributed by atoms with Crippen molar-refractivity contribution in [3.05, 3.63) is 60.0 Å². The summed E-state index contributed by atoms with van der Waals surface area (Å²) in [6.07, 6.45) is 5.69. The van der Waals surface area contributed by atoms with E-state index in [9.17, 15) is 9.90 Å². The molecule has 144 valence electrons. The van der Waals surface area contributed by atoms with E-state index >= 15 is 0 Å². The van der Waals surface area contributed by atoms with Crippen LogP contribution in [0.3, 0.4) is 0 Å². The normalized spacial score (nSPS) is 16.1. The summed E-state index contributed by atoms with van der Waals surface area (Å²) in [4.78, 5) is 19.9. The minimum Gasteiger partial charge on any atom is -0.545 e. The Bertz CT molecular complexity index is 958. The first-order valence-electron chi connectivity index (χ1n) is 9.12. The van der Waals surface area contributed by atoms with E-state index in [0.717, 1.165) is 24.8 Å². The van der Waals surface area contributed by atoms with Gasteiger partial charge in [0.05, 0.1) is 11.5 Å². The second-order valence-electron chi connectivity index (χ2n) is 6.50. The Hall–Kier alpha value is -2.26. The molecule has 1 aliphatic heterocycles. The Labute approximate surface area is 190 Å². The van der Waals surface area contributed by atoms with Crippen LogP contribution in [0.4, 0.5) is 0 Å². The van der Waals surface area contributed by atoms with Crippen molar-refractivity contribution in [1.29, 1.82) is 0 Å². The first kappa shape index (κ1) is 21.4. The van der Waals surface area contributed by atoms with E-state index in [0.29, 0.717) is 18.1 Å². The zero-order valence-electron chi connectivity index (χ0n) is 16.2. The summed E-state index contributed by atoms with van der Waals surface area (Å²) in [5, 5.41) is 15.8.